The zero-order valence-corrected chi connectivity index (χ0v) is 13.7. The molecular weight excluding hydrogens is 264 g/mol. The van der Waals surface area contributed by atoms with Crippen LogP contribution in [0.2, 0.25) is 19.6 Å². The largest absolute Gasteiger partial charge is 0.315 e. The van der Waals surface area contributed by atoms with Crippen LogP contribution in [-0.2, 0) is 14.0 Å². The predicted octanol–water partition coefficient (Wildman–Crippen LogP) is 3.84. The van der Waals surface area contributed by atoms with Crippen molar-refractivity contribution >= 4 is 18.4 Å². The van der Waals surface area contributed by atoms with E-state index < -0.39 is 23.2 Å². The van der Waals surface area contributed by atoms with Gasteiger partial charge in [-0.2, -0.15) is 8.42 Å². The van der Waals surface area contributed by atoms with Crippen LogP contribution >= 0.6 is 0 Å². The van der Waals surface area contributed by atoms with Crippen molar-refractivity contribution in [3.05, 3.63) is 12.7 Å². The second-order valence-electron chi connectivity index (χ2n) is 6.19. The van der Waals surface area contributed by atoms with Crippen LogP contribution < -0.4 is 0 Å². The van der Waals surface area contributed by atoms with Crippen LogP contribution in [0.15, 0.2) is 12.7 Å². The first-order valence-electron chi connectivity index (χ1n) is 6.81. The molecular formula is C13H26O3SSi. The molecule has 0 aromatic heterocycles. The molecule has 1 aliphatic rings. The maximum absolute atomic E-state index is 12.6. The fourth-order valence-electron chi connectivity index (χ4n) is 2.47. The van der Waals surface area contributed by atoms with Crippen LogP contribution in [-0.4, -0.2) is 21.5 Å². The van der Waals surface area contributed by atoms with E-state index in [0.29, 0.717) is 12.8 Å². The summed E-state index contributed by atoms with van der Waals surface area (Å²) in [6.07, 6.45) is 8.25. The van der Waals surface area contributed by atoms with E-state index in [1.807, 2.05) is 19.6 Å². The van der Waals surface area contributed by atoms with Crippen molar-refractivity contribution in [3.8, 4) is 0 Å². The van der Waals surface area contributed by atoms with Gasteiger partial charge in [-0.1, -0.05) is 38.2 Å². The Labute approximate surface area is 113 Å². The molecule has 1 rings (SSSR count). The summed E-state index contributed by atoms with van der Waals surface area (Å²) in [6.45, 7) is 9.50. The highest BCUT2D eigenvalue weighted by molar-refractivity contribution is 7.89. The fraction of sp³-hybridized carbons (Fsp3) is 0.846. The van der Waals surface area contributed by atoms with Crippen LogP contribution in [0.5, 0.6) is 0 Å². The van der Waals surface area contributed by atoms with Crippen LogP contribution in [0, 0.1) is 0 Å². The lowest BCUT2D eigenvalue weighted by Crippen LogP contribution is -2.43. The van der Waals surface area contributed by atoms with E-state index >= 15 is 0 Å². The van der Waals surface area contributed by atoms with Crippen molar-refractivity contribution < 1.29 is 12.3 Å². The van der Waals surface area contributed by atoms with Crippen LogP contribution in [0.3, 0.4) is 0 Å². The third-order valence-corrected chi connectivity index (χ3v) is 7.88. The van der Waals surface area contributed by atoms with E-state index in [9.17, 15) is 8.42 Å². The number of rotatable bonds is 4. The van der Waals surface area contributed by atoms with Gasteiger partial charge in [0.25, 0.3) is 10.1 Å². The SMILES string of the molecule is C=CC1(S(=O)(=O)O[Si](C)(C)C)CCCCCCC1. The van der Waals surface area contributed by atoms with E-state index in [4.69, 9.17) is 3.87 Å². The summed E-state index contributed by atoms with van der Waals surface area (Å²) in [5, 5.41) is 0. The first-order valence-corrected chi connectivity index (χ1v) is 11.6. The summed E-state index contributed by atoms with van der Waals surface area (Å²) in [4.78, 5) is 0. The fourth-order valence-corrected chi connectivity index (χ4v) is 6.76. The van der Waals surface area contributed by atoms with E-state index in [-0.39, 0.29) is 0 Å². The molecule has 3 nitrogen and oxygen atoms in total. The highest BCUT2D eigenvalue weighted by Gasteiger charge is 2.43. The second-order valence-corrected chi connectivity index (χ2v) is 12.8. The molecule has 1 aliphatic carbocycles. The molecule has 106 valence electrons. The Morgan fingerprint density at radius 3 is 1.89 bits per heavy atom. The second kappa shape index (κ2) is 5.88. The number of hydrogen-bond donors (Lipinski definition) is 0. The topological polar surface area (TPSA) is 43.4 Å². The van der Waals surface area contributed by atoms with Gasteiger partial charge in [-0.3, -0.25) is 0 Å². The molecule has 0 saturated heterocycles. The van der Waals surface area contributed by atoms with E-state index in [2.05, 4.69) is 6.58 Å². The summed E-state index contributed by atoms with van der Waals surface area (Å²) >= 11 is 0. The lowest BCUT2D eigenvalue weighted by molar-refractivity contribution is 0.395. The van der Waals surface area contributed by atoms with Crippen LogP contribution in [0.4, 0.5) is 0 Å². The molecule has 0 bridgehead atoms. The smallest absolute Gasteiger partial charge is 0.267 e. The summed E-state index contributed by atoms with van der Waals surface area (Å²) in [6, 6.07) is 0. The third-order valence-electron chi connectivity index (χ3n) is 3.43. The monoisotopic (exact) mass is 290 g/mol. The van der Waals surface area contributed by atoms with Crippen LogP contribution in [0.25, 0.3) is 0 Å². The minimum absolute atomic E-state index is 0.656. The molecule has 0 heterocycles. The Morgan fingerprint density at radius 2 is 1.50 bits per heavy atom. The molecule has 0 N–H and O–H groups in total. The Hall–Kier alpha value is -0.133. The van der Waals surface area contributed by atoms with Gasteiger partial charge < -0.3 is 3.87 Å². The average molecular weight is 291 g/mol. The minimum atomic E-state index is -3.55. The summed E-state index contributed by atoms with van der Waals surface area (Å²) < 4.78 is 29.8. The zero-order valence-electron chi connectivity index (χ0n) is 11.9. The normalized spacial score (nSPS) is 21.9. The quantitative estimate of drug-likeness (QED) is 0.583. The molecule has 0 aliphatic heterocycles. The maximum Gasteiger partial charge on any atom is 0.267 e. The number of hydrogen-bond acceptors (Lipinski definition) is 3. The molecule has 18 heavy (non-hydrogen) atoms. The van der Waals surface area contributed by atoms with Crippen molar-refractivity contribution in [2.75, 3.05) is 0 Å². The molecule has 0 radical (unpaired) electrons. The van der Waals surface area contributed by atoms with Gasteiger partial charge in [0, 0.05) is 0 Å². The van der Waals surface area contributed by atoms with Gasteiger partial charge in [0.05, 0.1) is 0 Å². The molecule has 0 spiro atoms. The Bertz CT molecular complexity index is 374. The van der Waals surface area contributed by atoms with E-state index in [1.165, 1.54) is 6.42 Å². The Morgan fingerprint density at radius 1 is 1.06 bits per heavy atom. The zero-order chi connectivity index (χ0) is 13.9. The first kappa shape index (κ1) is 15.9. The Kier molecular flexibility index (Phi) is 5.20. The van der Waals surface area contributed by atoms with Gasteiger partial charge in [0.15, 0.2) is 0 Å². The molecule has 0 aromatic rings. The van der Waals surface area contributed by atoms with Gasteiger partial charge in [0.2, 0.25) is 8.32 Å². The molecule has 0 aromatic carbocycles. The summed E-state index contributed by atoms with van der Waals surface area (Å²) in [5.74, 6) is 0. The standard InChI is InChI=1S/C13H26O3SSi/c1-5-13(11-9-7-6-8-10-12-13)17(14,15)16-18(2,3)4/h5H,1,6-12H2,2-4H3. The molecule has 1 fully saturated rings. The van der Waals surface area contributed by atoms with Crippen molar-refractivity contribution in [3.63, 3.8) is 0 Å². The molecule has 0 unspecified atom stereocenters. The van der Waals surface area contributed by atoms with Crippen molar-refractivity contribution in [2.45, 2.75) is 69.3 Å². The minimum Gasteiger partial charge on any atom is -0.315 e. The van der Waals surface area contributed by atoms with Gasteiger partial charge in [-0.15, -0.1) is 6.58 Å². The van der Waals surface area contributed by atoms with E-state index in [0.717, 1.165) is 25.7 Å². The average Bonchev–Trinajstić information content (AvgIpc) is 2.13. The van der Waals surface area contributed by atoms with Crippen molar-refractivity contribution in [1.82, 2.24) is 0 Å². The molecule has 0 atom stereocenters. The van der Waals surface area contributed by atoms with E-state index in [1.54, 1.807) is 6.08 Å². The van der Waals surface area contributed by atoms with Gasteiger partial charge >= 0.3 is 0 Å². The highest BCUT2D eigenvalue weighted by Crippen LogP contribution is 2.36. The molecule has 0 amide bonds. The highest BCUT2D eigenvalue weighted by atomic mass is 32.2. The maximum atomic E-state index is 12.6. The van der Waals surface area contributed by atoms with Crippen molar-refractivity contribution in [2.24, 2.45) is 0 Å². The summed E-state index contributed by atoms with van der Waals surface area (Å²) in [7, 11) is -5.65. The van der Waals surface area contributed by atoms with Crippen molar-refractivity contribution in [1.29, 1.82) is 0 Å². The summed E-state index contributed by atoms with van der Waals surface area (Å²) in [5.41, 5.74) is 0. The Balaban J connectivity index is 3.00. The third kappa shape index (κ3) is 3.93. The van der Waals surface area contributed by atoms with Gasteiger partial charge in [0.1, 0.15) is 4.75 Å². The van der Waals surface area contributed by atoms with Gasteiger partial charge in [-0.25, -0.2) is 0 Å². The van der Waals surface area contributed by atoms with Crippen LogP contribution in [0.1, 0.15) is 44.9 Å². The molecule has 5 heteroatoms. The lowest BCUT2D eigenvalue weighted by atomic mass is 9.90. The first-order chi connectivity index (χ1) is 8.22. The lowest BCUT2D eigenvalue weighted by Gasteiger charge is -2.33. The van der Waals surface area contributed by atoms with Gasteiger partial charge in [-0.05, 0) is 32.5 Å². The molecule has 1 saturated carbocycles. The predicted molar refractivity (Wildman–Crippen MR) is 78.6 cm³/mol.